The first kappa shape index (κ1) is 14.3. The van der Waals surface area contributed by atoms with Crippen LogP contribution in [0.4, 0.5) is 5.69 Å². The highest BCUT2D eigenvalue weighted by Crippen LogP contribution is 2.21. The van der Waals surface area contributed by atoms with E-state index in [0.29, 0.717) is 12.1 Å². The molecular formula is C18H25N3. The van der Waals surface area contributed by atoms with Crippen LogP contribution in [0, 0.1) is 0 Å². The average molecular weight is 283 g/mol. The Kier molecular flexibility index (Phi) is 4.39. The van der Waals surface area contributed by atoms with Crippen LogP contribution in [0.5, 0.6) is 0 Å². The van der Waals surface area contributed by atoms with Gasteiger partial charge in [-0.05, 0) is 63.9 Å². The lowest BCUT2D eigenvalue weighted by molar-refractivity contribution is 0.230. The van der Waals surface area contributed by atoms with Gasteiger partial charge in [0, 0.05) is 35.9 Å². The van der Waals surface area contributed by atoms with Crippen molar-refractivity contribution < 1.29 is 0 Å². The Bertz CT molecular complexity index is 594. The molecule has 0 spiro atoms. The number of benzene rings is 1. The van der Waals surface area contributed by atoms with Gasteiger partial charge in [0.1, 0.15) is 0 Å². The molecule has 1 fully saturated rings. The average Bonchev–Trinajstić information content (AvgIpc) is 2.73. The summed E-state index contributed by atoms with van der Waals surface area (Å²) in [6.07, 6.45) is 5.61. The highest BCUT2D eigenvalue weighted by atomic mass is 15.1. The number of hydrogen-bond acceptors (Lipinski definition) is 3. The number of fused-ring (bicyclic) bond motifs is 1. The first-order chi connectivity index (χ1) is 10.2. The summed E-state index contributed by atoms with van der Waals surface area (Å²) >= 11 is 0. The number of likely N-dealkylation sites (tertiary alicyclic amines) is 1. The van der Waals surface area contributed by atoms with Gasteiger partial charge in [-0.3, -0.25) is 4.98 Å². The Labute approximate surface area is 127 Å². The van der Waals surface area contributed by atoms with Crippen molar-refractivity contribution in [3.8, 4) is 0 Å². The largest absolute Gasteiger partial charge is 0.382 e. The van der Waals surface area contributed by atoms with Crippen molar-refractivity contribution in [3.05, 3.63) is 36.5 Å². The van der Waals surface area contributed by atoms with Gasteiger partial charge in [0.15, 0.2) is 0 Å². The van der Waals surface area contributed by atoms with Crippen LogP contribution in [0.3, 0.4) is 0 Å². The van der Waals surface area contributed by atoms with Crippen molar-refractivity contribution >= 4 is 16.6 Å². The van der Waals surface area contributed by atoms with Crippen LogP contribution in [0.15, 0.2) is 36.5 Å². The van der Waals surface area contributed by atoms with Gasteiger partial charge in [0.25, 0.3) is 0 Å². The Morgan fingerprint density at radius 3 is 2.95 bits per heavy atom. The monoisotopic (exact) mass is 283 g/mol. The standard InChI is InChI=1S/C18H25N3/c1-14(2)21-11-4-6-16(9-12-21)20-17-7-8-18-15(13-17)5-3-10-19-18/h3,5,7-8,10,13-14,16,20H,4,6,9,11-12H2,1-2H3. The molecule has 1 N–H and O–H groups in total. The molecule has 3 heteroatoms. The van der Waals surface area contributed by atoms with E-state index in [9.17, 15) is 0 Å². The van der Waals surface area contributed by atoms with Crippen LogP contribution in [0.1, 0.15) is 33.1 Å². The predicted octanol–water partition coefficient (Wildman–Crippen LogP) is 3.91. The van der Waals surface area contributed by atoms with Gasteiger partial charge >= 0.3 is 0 Å². The van der Waals surface area contributed by atoms with E-state index in [2.05, 4.69) is 53.3 Å². The fraction of sp³-hybridized carbons (Fsp3) is 0.500. The molecular weight excluding hydrogens is 258 g/mol. The first-order valence-electron chi connectivity index (χ1n) is 8.08. The Hall–Kier alpha value is -1.61. The fourth-order valence-corrected chi connectivity index (χ4v) is 3.18. The number of nitrogens with one attached hydrogen (secondary N) is 1. The maximum atomic E-state index is 4.38. The lowest BCUT2D eigenvalue weighted by Gasteiger charge is -2.24. The summed E-state index contributed by atoms with van der Waals surface area (Å²) in [5, 5.41) is 4.93. The molecule has 2 aromatic rings. The summed E-state index contributed by atoms with van der Waals surface area (Å²) in [4.78, 5) is 6.97. The topological polar surface area (TPSA) is 28.2 Å². The molecule has 21 heavy (non-hydrogen) atoms. The summed E-state index contributed by atoms with van der Waals surface area (Å²) in [6, 6.07) is 11.8. The molecule has 2 heterocycles. The molecule has 3 rings (SSSR count). The third kappa shape index (κ3) is 3.53. The maximum Gasteiger partial charge on any atom is 0.0703 e. The van der Waals surface area contributed by atoms with Crippen molar-refractivity contribution in [2.75, 3.05) is 18.4 Å². The van der Waals surface area contributed by atoms with E-state index in [1.807, 2.05) is 12.3 Å². The zero-order chi connectivity index (χ0) is 14.7. The fourth-order valence-electron chi connectivity index (χ4n) is 3.18. The number of nitrogens with zero attached hydrogens (tertiary/aromatic N) is 2. The van der Waals surface area contributed by atoms with Crippen molar-refractivity contribution in [1.29, 1.82) is 0 Å². The molecule has 1 saturated heterocycles. The van der Waals surface area contributed by atoms with E-state index < -0.39 is 0 Å². The van der Waals surface area contributed by atoms with Gasteiger partial charge in [-0.1, -0.05) is 6.07 Å². The number of rotatable bonds is 3. The molecule has 0 saturated carbocycles. The molecule has 1 unspecified atom stereocenters. The summed E-state index contributed by atoms with van der Waals surface area (Å²) in [5.41, 5.74) is 2.29. The first-order valence-corrected chi connectivity index (χ1v) is 8.08. The van der Waals surface area contributed by atoms with Crippen LogP contribution in [0.2, 0.25) is 0 Å². The van der Waals surface area contributed by atoms with Crippen LogP contribution < -0.4 is 5.32 Å². The molecule has 0 aliphatic carbocycles. The second kappa shape index (κ2) is 6.44. The molecule has 0 amide bonds. The number of aromatic nitrogens is 1. The summed E-state index contributed by atoms with van der Waals surface area (Å²) < 4.78 is 0. The zero-order valence-electron chi connectivity index (χ0n) is 13.0. The quantitative estimate of drug-likeness (QED) is 0.925. The van der Waals surface area contributed by atoms with Crippen molar-refractivity contribution in [2.24, 2.45) is 0 Å². The minimum Gasteiger partial charge on any atom is -0.382 e. The normalized spacial score (nSPS) is 20.6. The van der Waals surface area contributed by atoms with Gasteiger partial charge in [-0.25, -0.2) is 0 Å². The van der Waals surface area contributed by atoms with Crippen LogP contribution in [0.25, 0.3) is 10.9 Å². The molecule has 0 bridgehead atoms. The molecule has 1 aromatic heterocycles. The minimum absolute atomic E-state index is 0.586. The molecule has 3 nitrogen and oxygen atoms in total. The molecule has 1 aliphatic heterocycles. The molecule has 1 atom stereocenters. The van der Waals surface area contributed by atoms with Gasteiger partial charge in [0.2, 0.25) is 0 Å². The number of anilines is 1. The second-order valence-corrected chi connectivity index (χ2v) is 6.31. The third-order valence-electron chi connectivity index (χ3n) is 4.47. The van der Waals surface area contributed by atoms with Crippen molar-refractivity contribution in [3.63, 3.8) is 0 Å². The summed E-state index contributed by atoms with van der Waals surface area (Å²) in [6.45, 7) is 7.02. The van der Waals surface area contributed by atoms with E-state index >= 15 is 0 Å². The summed E-state index contributed by atoms with van der Waals surface area (Å²) in [7, 11) is 0. The highest BCUT2D eigenvalue weighted by molar-refractivity contribution is 5.82. The van der Waals surface area contributed by atoms with Crippen LogP contribution >= 0.6 is 0 Å². The van der Waals surface area contributed by atoms with E-state index in [1.165, 1.54) is 43.4 Å². The van der Waals surface area contributed by atoms with Crippen LogP contribution in [-0.2, 0) is 0 Å². The lowest BCUT2D eigenvalue weighted by Crippen LogP contribution is -2.32. The SMILES string of the molecule is CC(C)N1CCCC(Nc2ccc3ncccc3c2)CC1. The smallest absolute Gasteiger partial charge is 0.0703 e. The van der Waals surface area contributed by atoms with Gasteiger partial charge in [0.05, 0.1) is 5.52 Å². The van der Waals surface area contributed by atoms with E-state index in [-0.39, 0.29) is 0 Å². The summed E-state index contributed by atoms with van der Waals surface area (Å²) in [5.74, 6) is 0. The van der Waals surface area contributed by atoms with Crippen LogP contribution in [-0.4, -0.2) is 35.1 Å². The van der Waals surface area contributed by atoms with E-state index in [4.69, 9.17) is 0 Å². The highest BCUT2D eigenvalue weighted by Gasteiger charge is 2.18. The molecule has 1 aliphatic rings. The molecule has 0 radical (unpaired) electrons. The number of hydrogen-bond donors (Lipinski definition) is 1. The van der Waals surface area contributed by atoms with E-state index in [1.54, 1.807) is 0 Å². The van der Waals surface area contributed by atoms with Gasteiger partial charge < -0.3 is 10.2 Å². The Morgan fingerprint density at radius 2 is 2.10 bits per heavy atom. The lowest BCUT2D eigenvalue weighted by atomic mass is 10.1. The van der Waals surface area contributed by atoms with Crippen molar-refractivity contribution in [2.45, 2.75) is 45.2 Å². The zero-order valence-corrected chi connectivity index (χ0v) is 13.0. The van der Waals surface area contributed by atoms with Gasteiger partial charge in [-0.2, -0.15) is 0 Å². The predicted molar refractivity (Wildman–Crippen MR) is 89.7 cm³/mol. The Morgan fingerprint density at radius 1 is 1.19 bits per heavy atom. The van der Waals surface area contributed by atoms with Gasteiger partial charge in [-0.15, -0.1) is 0 Å². The second-order valence-electron chi connectivity index (χ2n) is 6.31. The van der Waals surface area contributed by atoms with Crippen molar-refractivity contribution in [1.82, 2.24) is 9.88 Å². The third-order valence-corrected chi connectivity index (χ3v) is 4.47. The molecule has 112 valence electrons. The number of pyridine rings is 1. The molecule has 1 aromatic carbocycles. The Balaban J connectivity index is 1.67. The minimum atomic E-state index is 0.586. The maximum absolute atomic E-state index is 4.38. The van der Waals surface area contributed by atoms with E-state index in [0.717, 1.165) is 5.52 Å².